The van der Waals surface area contributed by atoms with Crippen LogP contribution in [0.5, 0.6) is 0 Å². The summed E-state index contributed by atoms with van der Waals surface area (Å²) in [5.41, 5.74) is 6.28. The molecule has 0 saturated carbocycles. The number of likely N-dealkylation sites (tertiary alicyclic amines) is 1. The Hall–Kier alpha value is -1.15. The molecule has 0 radical (unpaired) electrons. The summed E-state index contributed by atoms with van der Waals surface area (Å²) in [4.78, 5) is 2.55. The van der Waals surface area contributed by atoms with Crippen molar-refractivity contribution >= 4 is 15.5 Å². The van der Waals surface area contributed by atoms with Crippen molar-refractivity contribution in [2.75, 3.05) is 32.0 Å². The van der Waals surface area contributed by atoms with Gasteiger partial charge < -0.3 is 16.2 Å². The van der Waals surface area contributed by atoms with Gasteiger partial charge in [-0.3, -0.25) is 4.90 Å². The smallest absolute Gasteiger partial charge is 0.194 e. The lowest BCUT2D eigenvalue weighted by Gasteiger charge is -2.44. The summed E-state index contributed by atoms with van der Waals surface area (Å²) < 4.78 is 26.7. The molecule has 7 heteroatoms. The fourth-order valence-corrected chi connectivity index (χ4v) is 6.12. The quantitative estimate of drug-likeness (QED) is 0.677. The van der Waals surface area contributed by atoms with E-state index in [1.807, 2.05) is 0 Å². The van der Waals surface area contributed by atoms with Crippen molar-refractivity contribution in [3.8, 4) is 0 Å². The molecule has 6 nitrogen and oxygen atoms in total. The molecule has 0 aliphatic carbocycles. The molecular formula is C18H29N3O3S. The largest absolute Gasteiger partial charge is 0.399 e. The molecular weight excluding hydrogens is 338 g/mol. The van der Waals surface area contributed by atoms with Crippen LogP contribution in [0, 0.1) is 5.92 Å². The predicted octanol–water partition coefficient (Wildman–Crippen LogP) is 1.22. The molecule has 2 aliphatic heterocycles. The topological polar surface area (TPSA) is 95.7 Å². The fourth-order valence-electron chi connectivity index (χ4n) is 4.13. The molecule has 1 aromatic rings. The van der Waals surface area contributed by atoms with E-state index in [0.717, 1.165) is 38.9 Å². The number of anilines is 1. The first kappa shape index (κ1) is 18.6. The summed E-state index contributed by atoms with van der Waals surface area (Å²) in [7, 11) is -3.46. The van der Waals surface area contributed by atoms with Gasteiger partial charge >= 0.3 is 0 Å². The van der Waals surface area contributed by atoms with Gasteiger partial charge in [0.25, 0.3) is 0 Å². The van der Waals surface area contributed by atoms with E-state index < -0.39 is 15.2 Å². The molecule has 2 heterocycles. The van der Waals surface area contributed by atoms with Gasteiger partial charge in [0.15, 0.2) is 9.84 Å². The third-order valence-corrected chi connectivity index (χ3v) is 7.69. The average molecular weight is 368 g/mol. The Labute approximate surface area is 150 Å². The number of aliphatic hydroxyl groups excluding tert-OH is 1. The van der Waals surface area contributed by atoms with Crippen LogP contribution < -0.4 is 11.1 Å². The molecule has 1 aromatic carbocycles. The highest BCUT2D eigenvalue weighted by Gasteiger charge is 2.41. The Morgan fingerprint density at radius 2 is 1.84 bits per heavy atom. The Bertz CT molecular complexity index is 657. The molecule has 0 aromatic heterocycles. The first-order chi connectivity index (χ1) is 12.0. The van der Waals surface area contributed by atoms with Crippen LogP contribution in [0.25, 0.3) is 0 Å². The number of nitrogens with zero attached hydrogens (tertiary/aromatic N) is 1. The van der Waals surface area contributed by atoms with E-state index in [1.165, 1.54) is 0 Å². The number of aliphatic hydroxyl groups is 1. The highest BCUT2D eigenvalue weighted by Crippen LogP contribution is 2.34. The summed E-state index contributed by atoms with van der Waals surface area (Å²) in [6.45, 7) is 2.78. The Morgan fingerprint density at radius 1 is 1.16 bits per heavy atom. The van der Waals surface area contributed by atoms with Crippen molar-refractivity contribution in [2.45, 2.75) is 48.4 Å². The average Bonchev–Trinajstić information content (AvgIpc) is 2.63. The summed E-state index contributed by atoms with van der Waals surface area (Å²) in [5.74, 6) is 0.261. The van der Waals surface area contributed by atoms with Crippen LogP contribution in [0.1, 0.15) is 32.1 Å². The number of rotatable bonds is 5. The summed E-state index contributed by atoms with van der Waals surface area (Å²) in [6.07, 6.45) is 4.19. The summed E-state index contributed by atoms with van der Waals surface area (Å²) in [5, 5.41) is 12.1. The number of benzene rings is 1. The first-order valence-electron chi connectivity index (χ1n) is 9.19. The second kappa shape index (κ2) is 8.03. The van der Waals surface area contributed by atoms with Gasteiger partial charge in [-0.1, -0.05) is 0 Å². The third kappa shape index (κ3) is 4.16. The molecule has 0 spiro atoms. The number of hydrogen-bond donors (Lipinski definition) is 3. The van der Waals surface area contributed by atoms with Gasteiger partial charge in [-0.25, -0.2) is 8.42 Å². The molecule has 2 fully saturated rings. The van der Waals surface area contributed by atoms with E-state index in [0.29, 0.717) is 29.5 Å². The number of hydrogen-bond acceptors (Lipinski definition) is 6. The molecule has 2 unspecified atom stereocenters. The SMILES string of the molecule is Nc1ccc(S(=O)(=O)C2CC(CCO)CCN2C2CCNCC2)cc1. The molecule has 140 valence electrons. The molecule has 25 heavy (non-hydrogen) atoms. The standard InChI is InChI=1S/C18H29N3O3S/c19-15-1-3-17(4-2-15)25(23,24)18-13-14(8-12-22)7-11-21(18)16-5-9-20-10-6-16/h1-4,14,16,18,20,22H,5-13,19H2. The molecule has 2 atom stereocenters. The molecule has 0 amide bonds. The van der Waals surface area contributed by atoms with Gasteiger partial charge in [-0.15, -0.1) is 0 Å². The zero-order chi connectivity index (χ0) is 17.9. The maximum atomic E-state index is 13.3. The van der Waals surface area contributed by atoms with Crippen LogP contribution in [-0.2, 0) is 9.84 Å². The van der Waals surface area contributed by atoms with Crippen LogP contribution in [0.4, 0.5) is 5.69 Å². The monoisotopic (exact) mass is 367 g/mol. The maximum Gasteiger partial charge on any atom is 0.194 e. The zero-order valence-corrected chi connectivity index (χ0v) is 15.4. The second-order valence-corrected chi connectivity index (χ2v) is 9.30. The van der Waals surface area contributed by atoms with Gasteiger partial charge in [0.2, 0.25) is 0 Å². The van der Waals surface area contributed by atoms with Gasteiger partial charge in [0.1, 0.15) is 5.37 Å². The van der Waals surface area contributed by atoms with E-state index in [-0.39, 0.29) is 12.5 Å². The van der Waals surface area contributed by atoms with Crippen LogP contribution in [0.3, 0.4) is 0 Å². The summed E-state index contributed by atoms with van der Waals surface area (Å²) >= 11 is 0. The molecule has 2 aliphatic rings. The third-order valence-electron chi connectivity index (χ3n) is 5.58. The Kier molecular flexibility index (Phi) is 5.99. The maximum absolute atomic E-state index is 13.3. The van der Waals surface area contributed by atoms with Crippen LogP contribution >= 0.6 is 0 Å². The highest BCUT2D eigenvalue weighted by molar-refractivity contribution is 7.92. The molecule has 4 N–H and O–H groups in total. The predicted molar refractivity (Wildman–Crippen MR) is 98.9 cm³/mol. The zero-order valence-electron chi connectivity index (χ0n) is 14.6. The van der Waals surface area contributed by atoms with Gasteiger partial charge in [-0.05, 0) is 81.9 Å². The normalized spacial score (nSPS) is 26.6. The number of nitrogen functional groups attached to an aromatic ring is 1. The van der Waals surface area contributed by atoms with Crippen LogP contribution in [-0.4, -0.2) is 56.1 Å². The van der Waals surface area contributed by atoms with E-state index in [4.69, 9.17) is 5.73 Å². The van der Waals surface area contributed by atoms with E-state index in [1.54, 1.807) is 24.3 Å². The lowest BCUT2D eigenvalue weighted by atomic mass is 9.91. The van der Waals surface area contributed by atoms with E-state index in [2.05, 4.69) is 10.2 Å². The number of piperidine rings is 2. The van der Waals surface area contributed by atoms with Crippen molar-refractivity contribution in [1.29, 1.82) is 0 Å². The molecule has 0 bridgehead atoms. The first-order valence-corrected chi connectivity index (χ1v) is 10.7. The van der Waals surface area contributed by atoms with Gasteiger partial charge in [0.05, 0.1) is 4.90 Å². The fraction of sp³-hybridized carbons (Fsp3) is 0.667. The number of nitrogens with one attached hydrogen (secondary N) is 1. The number of sulfone groups is 1. The second-order valence-electron chi connectivity index (χ2n) is 7.19. The van der Waals surface area contributed by atoms with Crippen LogP contribution in [0.2, 0.25) is 0 Å². The van der Waals surface area contributed by atoms with Gasteiger partial charge in [-0.2, -0.15) is 0 Å². The molecule has 3 rings (SSSR count). The van der Waals surface area contributed by atoms with Crippen molar-refractivity contribution in [3.63, 3.8) is 0 Å². The summed E-state index contributed by atoms with van der Waals surface area (Å²) in [6, 6.07) is 6.83. The highest BCUT2D eigenvalue weighted by atomic mass is 32.2. The Balaban J connectivity index is 1.88. The lowest BCUT2D eigenvalue weighted by molar-refractivity contribution is 0.0810. The van der Waals surface area contributed by atoms with E-state index in [9.17, 15) is 13.5 Å². The Morgan fingerprint density at radius 3 is 2.48 bits per heavy atom. The minimum absolute atomic E-state index is 0.118. The van der Waals surface area contributed by atoms with E-state index >= 15 is 0 Å². The van der Waals surface area contributed by atoms with Crippen molar-refractivity contribution < 1.29 is 13.5 Å². The van der Waals surface area contributed by atoms with Gasteiger partial charge in [0, 0.05) is 18.3 Å². The van der Waals surface area contributed by atoms with Crippen molar-refractivity contribution in [3.05, 3.63) is 24.3 Å². The van der Waals surface area contributed by atoms with Crippen molar-refractivity contribution in [2.24, 2.45) is 5.92 Å². The van der Waals surface area contributed by atoms with Crippen LogP contribution in [0.15, 0.2) is 29.2 Å². The number of nitrogens with two attached hydrogens (primary N) is 1. The van der Waals surface area contributed by atoms with Crippen molar-refractivity contribution in [1.82, 2.24) is 10.2 Å². The minimum Gasteiger partial charge on any atom is -0.399 e. The molecule has 2 saturated heterocycles. The minimum atomic E-state index is -3.46. The lowest BCUT2D eigenvalue weighted by Crippen LogP contribution is -2.54.